The van der Waals surface area contributed by atoms with E-state index < -0.39 is 66.1 Å². The van der Waals surface area contributed by atoms with Crippen LogP contribution in [0.15, 0.2) is 103 Å². The van der Waals surface area contributed by atoms with Crippen LogP contribution < -0.4 is 10.2 Å². The molecule has 10 nitrogen and oxygen atoms in total. The van der Waals surface area contributed by atoms with E-state index in [0.29, 0.717) is 28.3 Å². The third kappa shape index (κ3) is 5.81. The number of hydrogen-bond acceptors (Lipinski definition) is 7. The number of fused-ring (bicyclic) bond motifs is 2. The summed E-state index contributed by atoms with van der Waals surface area (Å²) in [6.45, 7) is 1.47. The lowest BCUT2D eigenvalue weighted by Crippen LogP contribution is -2.57. The summed E-state index contributed by atoms with van der Waals surface area (Å²) < 4.78 is 12.7. The number of anilines is 1. The van der Waals surface area contributed by atoms with Gasteiger partial charge in [-0.1, -0.05) is 109 Å². The monoisotopic (exact) mass is 695 g/mol. The number of rotatable bonds is 5. The molecule has 0 unspecified atom stereocenters. The lowest BCUT2D eigenvalue weighted by molar-refractivity contribution is -0.160. The van der Waals surface area contributed by atoms with Gasteiger partial charge in [0.05, 0.1) is 41.9 Å². The molecule has 11 heteroatoms. The fourth-order valence-corrected chi connectivity index (χ4v) is 8.17. The van der Waals surface area contributed by atoms with E-state index in [9.17, 15) is 19.5 Å². The van der Waals surface area contributed by atoms with Crippen LogP contribution in [0.5, 0.6) is 0 Å². The van der Waals surface area contributed by atoms with Crippen LogP contribution >= 0.6 is 11.6 Å². The van der Waals surface area contributed by atoms with Crippen molar-refractivity contribution in [2.45, 2.75) is 49.7 Å². The molecular formula is C39H38ClN3O7. The molecule has 2 fully saturated rings. The summed E-state index contributed by atoms with van der Waals surface area (Å²) in [6, 6.07) is 21.2. The Labute approximate surface area is 295 Å². The summed E-state index contributed by atoms with van der Waals surface area (Å²) in [5.41, 5.74) is 0.960. The van der Waals surface area contributed by atoms with Crippen LogP contribution in [0.25, 0.3) is 0 Å². The number of ether oxygens (including phenoxy) is 2. The number of nitrogens with one attached hydrogen (secondary N) is 1. The van der Waals surface area contributed by atoms with Gasteiger partial charge in [-0.25, -0.2) is 0 Å². The summed E-state index contributed by atoms with van der Waals surface area (Å²) in [5.74, 6) is -4.10. The van der Waals surface area contributed by atoms with Gasteiger partial charge in [0.25, 0.3) is 5.91 Å². The molecule has 258 valence electrons. The number of carbonyl (C=O) groups is 4. The minimum atomic E-state index is -1.54. The number of para-hydroxylation sites is 1. The Morgan fingerprint density at radius 3 is 2.42 bits per heavy atom. The molecular weight excluding hydrogens is 658 g/mol. The Morgan fingerprint density at radius 1 is 0.960 bits per heavy atom. The number of benzene rings is 3. The molecule has 4 aliphatic rings. The molecule has 50 heavy (non-hydrogen) atoms. The van der Waals surface area contributed by atoms with Crippen molar-refractivity contribution in [3.8, 4) is 0 Å². The van der Waals surface area contributed by atoms with Gasteiger partial charge >= 0.3 is 5.97 Å². The molecule has 3 aromatic rings. The van der Waals surface area contributed by atoms with Gasteiger partial charge in [0, 0.05) is 13.0 Å². The number of esters is 1. The van der Waals surface area contributed by atoms with Gasteiger partial charge in [0.15, 0.2) is 0 Å². The van der Waals surface area contributed by atoms with Crippen molar-refractivity contribution in [3.05, 3.63) is 125 Å². The van der Waals surface area contributed by atoms with Crippen molar-refractivity contribution >= 4 is 41.0 Å². The number of hydrogen-bond donors (Lipinski definition) is 2. The van der Waals surface area contributed by atoms with E-state index in [0.717, 1.165) is 5.56 Å². The lowest BCUT2D eigenvalue weighted by Gasteiger charge is -2.39. The summed E-state index contributed by atoms with van der Waals surface area (Å²) >= 11 is 6.77. The zero-order chi connectivity index (χ0) is 35.0. The number of aryl methyl sites for hydroxylation is 1. The first-order valence-electron chi connectivity index (χ1n) is 16.8. The van der Waals surface area contributed by atoms with Crippen molar-refractivity contribution in [1.29, 1.82) is 0 Å². The van der Waals surface area contributed by atoms with Crippen molar-refractivity contribution in [3.63, 3.8) is 0 Å². The van der Waals surface area contributed by atoms with Crippen LogP contribution in [0.3, 0.4) is 0 Å². The van der Waals surface area contributed by atoms with Crippen LogP contribution in [0.4, 0.5) is 5.69 Å². The maximum Gasteiger partial charge on any atom is 0.313 e. The average molecular weight is 696 g/mol. The quantitative estimate of drug-likeness (QED) is 0.295. The Bertz CT molecular complexity index is 1830. The number of aliphatic hydroxyl groups excluding tert-OH is 1. The minimum absolute atomic E-state index is 0.0313. The fraction of sp³-hybridized carbons (Fsp3) is 0.333. The highest BCUT2D eigenvalue weighted by Gasteiger charge is 2.74. The molecule has 0 aliphatic carbocycles. The molecule has 1 spiro atoms. The number of aliphatic hydroxyl groups is 1. The SMILES string of the molecule is Cc1cccc(Cl)c1N1C/C=C\CCC(=O)NC[C@@H](c2ccccc2)OC(=O)[C@@H]2[C@@H]3C=C[C@]4(O3)[C@H](C1=O)N([C@H](CO)c1ccccc1)C(=O)[C@@H]24. The van der Waals surface area contributed by atoms with Crippen molar-refractivity contribution < 1.29 is 33.8 Å². The molecule has 7 atom stereocenters. The van der Waals surface area contributed by atoms with E-state index in [2.05, 4.69) is 5.32 Å². The Morgan fingerprint density at radius 2 is 1.70 bits per heavy atom. The zero-order valence-electron chi connectivity index (χ0n) is 27.5. The number of cyclic esters (lactones) is 1. The highest BCUT2D eigenvalue weighted by Crippen LogP contribution is 2.57. The summed E-state index contributed by atoms with van der Waals surface area (Å²) in [5, 5.41) is 14.1. The summed E-state index contributed by atoms with van der Waals surface area (Å²) in [7, 11) is 0. The maximum atomic E-state index is 15.3. The van der Waals surface area contributed by atoms with Gasteiger partial charge in [0.2, 0.25) is 11.8 Å². The van der Waals surface area contributed by atoms with Gasteiger partial charge in [-0.05, 0) is 36.1 Å². The molecule has 3 amide bonds. The van der Waals surface area contributed by atoms with E-state index in [4.69, 9.17) is 21.1 Å². The zero-order valence-corrected chi connectivity index (χ0v) is 28.2. The van der Waals surface area contributed by atoms with Crippen molar-refractivity contribution in [2.75, 3.05) is 24.6 Å². The Kier molecular flexibility index (Phi) is 9.34. The maximum absolute atomic E-state index is 15.3. The number of amides is 3. The molecule has 0 radical (unpaired) electrons. The van der Waals surface area contributed by atoms with Crippen LogP contribution in [0.1, 0.15) is 41.7 Å². The van der Waals surface area contributed by atoms with E-state index in [-0.39, 0.29) is 25.4 Å². The first-order chi connectivity index (χ1) is 24.2. The minimum Gasteiger partial charge on any atom is -0.455 e. The Balaban J connectivity index is 1.38. The second-order valence-electron chi connectivity index (χ2n) is 13.1. The van der Waals surface area contributed by atoms with Crippen LogP contribution in [0, 0.1) is 18.8 Å². The Hall–Kier alpha value is -4.77. The van der Waals surface area contributed by atoms with Crippen LogP contribution in [0.2, 0.25) is 5.02 Å². The molecule has 0 aromatic heterocycles. The third-order valence-electron chi connectivity index (χ3n) is 10.1. The fourth-order valence-electron chi connectivity index (χ4n) is 7.85. The first-order valence-corrected chi connectivity index (χ1v) is 17.2. The molecule has 2 N–H and O–H groups in total. The largest absolute Gasteiger partial charge is 0.455 e. The third-order valence-corrected chi connectivity index (χ3v) is 10.4. The number of carbonyl (C=O) groups excluding carboxylic acids is 4. The van der Waals surface area contributed by atoms with Gasteiger partial charge in [-0.2, -0.15) is 0 Å². The molecule has 3 aromatic carbocycles. The van der Waals surface area contributed by atoms with E-state index in [1.54, 1.807) is 54.6 Å². The van der Waals surface area contributed by atoms with Crippen molar-refractivity contribution in [2.24, 2.45) is 11.8 Å². The highest BCUT2D eigenvalue weighted by atomic mass is 35.5. The highest BCUT2D eigenvalue weighted by molar-refractivity contribution is 6.34. The molecule has 4 aliphatic heterocycles. The van der Waals surface area contributed by atoms with E-state index in [1.807, 2.05) is 55.5 Å². The van der Waals surface area contributed by atoms with Crippen molar-refractivity contribution in [1.82, 2.24) is 10.2 Å². The number of allylic oxidation sites excluding steroid dienone is 1. The molecule has 0 saturated carbocycles. The van der Waals surface area contributed by atoms with E-state index >= 15 is 4.79 Å². The molecule has 5 bridgehead atoms. The number of halogens is 1. The predicted octanol–water partition coefficient (Wildman–Crippen LogP) is 4.62. The van der Waals surface area contributed by atoms with Gasteiger partial charge in [-0.3, -0.25) is 19.2 Å². The number of nitrogens with zero attached hydrogens (tertiary/aromatic N) is 2. The standard InChI is InChI=1S/C39H38ClN3O7/c1-24-12-11-17-27(40)34(24)42-21-10-4-9-18-31(45)41-22-30(26-15-7-3-8-16-26)49-38(48)32-29-19-20-39(50-29)33(32)36(46)43(35(39)37(42)47)28(23-44)25-13-5-2-6-14-25/h2-8,10-17,19-20,28-30,32-33,35,44H,9,18,21-23H2,1H3,(H,41,45)/b10-4-/t28-,29+,30+,32-,33-,35+,39-/m1/s1. The van der Waals surface area contributed by atoms with E-state index in [1.165, 1.54) is 9.80 Å². The van der Waals surface area contributed by atoms with Crippen LogP contribution in [-0.2, 0) is 28.7 Å². The molecule has 4 heterocycles. The summed E-state index contributed by atoms with van der Waals surface area (Å²) in [4.78, 5) is 60.2. The second kappa shape index (κ2) is 13.9. The van der Waals surface area contributed by atoms with Gasteiger partial charge in [0.1, 0.15) is 23.7 Å². The second-order valence-corrected chi connectivity index (χ2v) is 13.5. The smallest absolute Gasteiger partial charge is 0.313 e. The van der Waals surface area contributed by atoms with Gasteiger partial charge < -0.3 is 29.7 Å². The average Bonchev–Trinajstić information content (AvgIpc) is 3.77. The van der Waals surface area contributed by atoms with Gasteiger partial charge in [-0.15, -0.1) is 0 Å². The topological polar surface area (TPSA) is 125 Å². The predicted molar refractivity (Wildman–Crippen MR) is 186 cm³/mol. The molecule has 7 rings (SSSR count). The summed E-state index contributed by atoms with van der Waals surface area (Å²) in [6.07, 6.45) is 5.96. The van der Waals surface area contributed by atoms with Crippen LogP contribution in [-0.4, -0.2) is 71.1 Å². The number of likely N-dealkylation sites (tertiary alicyclic amines) is 1. The lowest BCUT2D eigenvalue weighted by atomic mass is 9.74. The first kappa shape index (κ1) is 33.7. The molecule has 2 saturated heterocycles. The normalized spacial score (nSPS) is 29.5.